The molecule has 0 aromatic carbocycles. The van der Waals surface area contributed by atoms with Gasteiger partial charge in [0.25, 0.3) is 0 Å². The van der Waals surface area contributed by atoms with Crippen LogP contribution in [0.25, 0.3) is 0 Å². The van der Waals surface area contributed by atoms with Crippen LogP contribution in [0, 0.1) is 23.2 Å². The van der Waals surface area contributed by atoms with Crippen molar-refractivity contribution in [3.63, 3.8) is 0 Å². The lowest BCUT2D eigenvalue weighted by atomic mass is 9.65. The minimum absolute atomic E-state index is 0.197. The molecule has 4 heteroatoms. The van der Waals surface area contributed by atoms with Gasteiger partial charge in [-0.15, -0.1) is 0 Å². The van der Waals surface area contributed by atoms with Crippen LogP contribution in [0.1, 0.15) is 57.8 Å². The van der Waals surface area contributed by atoms with Gasteiger partial charge in [-0.3, -0.25) is 0 Å². The molecular formula is C19H32N2O2. The van der Waals surface area contributed by atoms with E-state index < -0.39 is 0 Å². The molecule has 2 saturated carbocycles. The van der Waals surface area contributed by atoms with E-state index in [0.29, 0.717) is 5.41 Å². The molecule has 1 N–H and O–H groups in total. The predicted molar refractivity (Wildman–Crippen MR) is 90.2 cm³/mol. The van der Waals surface area contributed by atoms with E-state index in [0.717, 1.165) is 50.6 Å². The lowest BCUT2D eigenvalue weighted by Crippen LogP contribution is -2.50. The molecule has 4 aliphatic rings. The molecule has 23 heavy (non-hydrogen) atoms. The van der Waals surface area contributed by atoms with Gasteiger partial charge in [-0.25, -0.2) is 4.79 Å². The second-order valence-corrected chi connectivity index (χ2v) is 8.42. The van der Waals surface area contributed by atoms with Crippen molar-refractivity contribution in [2.24, 2.45) is 23.2 Å². The van der Waals surface area contributed by atoms with Crippen LogP contribution in [0.2, 0.25) is 0 Å². The fourth-order valence-corrected chi connectivity index (χ4v) is 5.18. The zero-order valence-corrected chi connectivity index (χ0v) is 14.4. The fraction of sp³-hybridized carbons (Fsp3) is 0.947. The molecule has 2 saturated heterocycles. The standard InChI is InChI=1S/C19H32N2O2/c22-18(20-14-19(8-1-9-19)17-2-3-17)21-10-4-15(5-11-21)16-6-12-23-13-7-16/h15-17H,1-14H2,(H,20,22). The summed E-state index contributed by atoms with van der Waals surface area (Å²) in [5, 5.41) is 3.28. The highest BCUT2D eigenvalue weighted by Gasteiger charge is 2.49. The maximum absolute atomic E-state index is 12.5. The summed E-state index contributed by atoms with van der Waals surface area (Å²) < 4.78 is 5.48. The number of hydrogen-bond donors (Lipinski definition) is 1. The number of hydrogen-bond acceptors (Lipinski definition) is 2. The third-order valence-electron chi connectivity index (χ3n) is 7.14. The second-order valence-electron chi connectivity index (χ2n) is 8.42. The molecular weight excluding hydrogens is 288 g/mol. The summed E-state index contributed by atoms with van der Waals surface area (Å²) in [7, 11) is 0. The van der Waals surface area contributed by atoms with Crippen LogP contribution in [0.5, 0.6) is 0 Å². The average molecular weight is 320 g/mol. The smallest absolute Gasteiger partial charge is 0.317 e. The second kappa shape index (κ2) is 6.62. The SMILES string of the molecule is O=C(NCC1(C2CC2)CCC1)N1CCC(C2CCOCC2)CC1. The zero-order valence-electron chi connectivity index (χ0n) is 14.4. The number of carbonyl (C=O) groups is 1. The molecule has 2 aliphatic carbocycles. The van der Waals surface area contributed by atoms with E-state index in [1.165, 1.54) is 57.8 Å². The monoisotopic (exact) mass is 320 g/mol. The summed E-state index contributed by atoms with van der Waals surface area (Å²) in [5.74, 6) is 2.56. The molecule has 0 spiro atoms. The number of nitrogens with zero attached hydrogens (tertiary/aromatic N) is 1. The van der Waals surface area contributed by atoms with E-state index in [9.17, 15) is 4.79 Å². The minimum atomic E-state index is 0.197. The Hall–Kier alpha value is -0.770. The van der Waals surface area contributed by atoms with Crippen LogP contribution >= 0.6 is 0 Å². The molecule has 0 atom stereocenters. The average Bonchev–Trinajstić information content (AvgIpc) is 3.40. The van der Waals surface area contributed by atoms with E-state index in [1.54, 1.807) is 0 Å². The van der Waals surface area contributed by atoms with Crippen LogP contribution < -0.4 is 5.32 Å². The molecule has 0 aromatic heterocycles. The molecule has 0 aromatic rings. The third kappa shape index (κ3) is 3.38. The number of amides is 2. The van der Waals surface area contributed by atoms with Crippen molar-refractivity contribution in [1.82, 2.24) is 10.2 Å². The van der Waals surface area contributed by atoms with Gasteiger partial charge in [-0.1, -0.05) is 6.42 Å². The van der Waals surface area contributed by atoms with Gasteiger partial charge in [-0.2, -0.15) is 0 Å². The summed E-state index contributed by atoms with van der Waals surface area (Å²) >= 11 is 0. The number of carbonyl (C=O) groups excluding carboxylic acids is 1. The Morgan fingerprint density at radius 2 is 1.65 bits per heavy atom. The largest absolute Gasteiger partial charge is 0.381 e. The van der Waals surface area contributed by atoms with Crippen LogP contribution in [-0.2, 0) is 4.74 Å². The van der Waals surface area contributed by atoms with Crippen LogP contribution in [-0.4, -0.2) is 43.8 Å². The Morgan fingerprint density at radius 1 is 1.00 bits per heavy atom. The van der Waals surface area contributed by atoms with Crippen molar-refractivity contribution in [2.75, 3.05) is 32.8 Å². The first-order chi connectivity index (χ1) is 11.3. The number of likely N-dealkylation sites (tertiary alicyclic amines) is 1. The van der Waals surface area contributed by atoms with E-state index in [-0.39, 0.29) is 6.03 Å². The van der Waals surface area contributed by atoms with Gasteiger partial charge < -0.3 is 15.0 Å². The lowest BCUT2D eigenvalue weighted by Gasteiger charge is -2.43. The van der Waals surface area contributed by atoms with E-state index in [1.807, 2.05) is 0 Å². The zero-order chi connectivity index (χ0) is 15.7. The van der Waals surface area contributed by atoms with Crippen LogP contribution in [0.15, 0.2) is 0 Å². The highest BCUT2D eigenvalue weighted by atomic mass is 16.5. The molecule has 2 amide bonds. The Bertz CT molecular complexity index is 417. The molecule has 2 heterocycles. The molecule has 0 bridgehead atoms. The van der Waals surface area contributed by atoms with Crippen molar-refractivity contribution in [1.29, 1.82) is 0 Å². The number of ether oxygens (including phenoxy) is 1. The van der Waals surface area contributed by atoms with Gasteiger partial charge in [0, 0.05) is 32.8 Å². The number of nitrogens with one attached hydrogen (secondary N) is 1. The molecule has 0 radical (unpaired) electrons. The van der Waals surface area contributed by atoms with Crippen LogP contribution in [0.3, 0.4) is 0 Å². The predicted octanol–water partition coefficient (Wildman–Crippen LogP) is 3.41. The summed E-state index contributed by atoms with van der Waals surface area (Å²) in [5.41, 5.74) is 0.482. The normalized spacial score (nSPS) is 29.1. The first kappa shape index (κ1) is 15.7. The van der Waals surface area contributed by atoms with Gasteiger partial charge in [-0.05, 0) is 74.5 Å². The first-order valence-corrected chi connectivity index (χ1v) is 9.87. The van der Waals surface area contributed by atoms with Crippen molar-refractivity contribution < 1.29 is 9.53 Å². The third-order valence-corrected chi connectivity index (χ3v) is 7.14. The molecule has 0 unspecified atom stereocenters. The lowest BCUT2D eigenvalue weighted by molar-refractivity contribution is 0.0331. The summed E-state index contributed by atoms with van der Waals surface area (Å²) in [6.45, 7) is 4.70. The Morgan fingerprint density at radius 3 is 2.22 bits per heavy atom. The number of rotatable bonds is 4. The van der Waals surface area contributed by atoms with Crippen molar-refractivity contribution in [3.05, 3.63) is 0 Å². The topological polar surface area (TPSA) is 41.6 Å². The van der Waals surface area contributed by atoms with Crippen LogP contribution in [0.4, 0.5) is 4.79 Å². The molecule has 2 aliphatic heterocycles. The van der Waals surface area contributed by atoms with Gasteiger partial charge >= 0.3 is 6.03 Å². The molecule has 4 fully saturated rings. The summed E-state index contributed by atoms with van der Waals surface area (Å²) in [4.78, 5) is 14.6. The summed E-state index contributed by atoms with van der Waals surface area (Å²) in [6, 6.07) is 0.197. The summed E-state index contributed by atoms with van der Waals surface area (Å²) in [6.07, 6.45) is 11.6. The van der Waals surface area contributed by atoms with Gasteiger partial charge in [0.15, 0.2) is 0 Å². The Kier molecular flexibility index (Phi) is 4.53. The maximum Gasteiger partial charge on any atom is 0.317 e. The first-order valence-electron chi connectivity index (χ1n) is 9.87. The van der Waals surface area contributed by atoms with Gasteiger partial charge in [0.05, 0.1) is 0 Å². The fourth-order valence-electron chi connectivity index (χ4n) is 5.18. The molecule has 4 rings (SSSR count). The van der Waals surface area contributed by atoms with Gasteiger partial charge in [0.2, 0.25) is 0 Å². The van der Waals surface area contributed by atoms with E-state index >= 15 is 0 Å². The minimum Gasteiger partial charge on any atom is -0.381 e. The molecule has 130 valence electrons. The molecule has 4 nitrogen and oxygen atoms in total. The van der Waals surface area contributed by atoms with Crippen molar-refractivity contribution >= 4 is 6.03 Å². The highest BCUT2D eigenvalue weighted by molar-refractivity contribution is 5.74. The Balaban J connectivity index is 1.21. The van der Waals surface area contributed by atoms with Crippen molar-refractivity contribution in [3.8, 4) is 0 Å². The Labute approximate surface area is 140 Å². The van der Waals surface area contributed by atoms with Gasteiger partial charge in [0.1, 0.15) is 0 Å². The van der Waals surface area contributed by atoms with E-state index in [2.05, 4.69) is 10.2 Å². The van der Waals surface area contributed by atoms with E-state index in [4.69, 9.17) is 4.74 Å². The quantitative estimate of drug-likeness (QED) is 0.862. The number of piperidine rings is 1. The maximum atomic E-state index is 12.5. The van der Waals surface area contributed by atoms with Crippen molar-refractivity contribution in [2.45, 2.75) is 57.8 Å². The highest BCUT2D eigenvalue weighted by Crippen LogP contribution is 2.56. The number of urea groups is 1.